The largest absolute Gasteiger partial charge is 0.493 e. The number of nitro benzene ring substituents is 1. The van der Waals surface area contributed by atoms with Crippen LogP contribution in [0.3, 0.4) is 0 Å². The summed E-state index contributed by atoms with van der Waals surface area (Å²) in [4.78, 5) is 33.0. The summed E-state index contributed by atoms with van der Waals surface area (Å²) < 4.78 is 16.0. The molecule has 0 aliphatic carbocycles. The van der Waals surface area contributed by atoms with Gasteiger partial charge in [0.05, 0.1) is 18.2 Å². The lowest BCUT2D eigenvalue weighted by molar-refractivity contribution is -0.384. The molecule has 164 valence electrons. The number of nitrogens with zero attached hydrogens (tertiary/aromatic N) is 2. The fraction of sp³-hybridized carbons (Fsp3) is 0.0952. The summed E-state index contributed by atoms with van der Waals surface area (Å²) in [6.45, 7) is 0.00235. The second kappa shape index (κ2) is 9.89. The van der Waals surface area contributed by atoms with Gasteiger partial charge in [0.15, 0.2) is 11.5 Å². The van der Waals surface area contributed by atoms with Crippen molar-refractivity contribution in [1.82, 2.24) is 5.43 Å². The SMILES string of the molecule is COc1cc(/C=N\NC(=O)c2ccc([N+](=O)[O-])cc2)ccc1OCc1ccc(C(=O)O)o1. The van der Waals surface area contributed by atoms with Gasteiger partial charge in [0.1, 0.15) is 12.4 Å². The first-order chi connectivity index (χ1) is 15.4. The highest BCUT2D eigenvalue weighted by atomic mass is 16.6. The van der Waals surface area contributed by atoms with Crippen molar-refractivity contribution >= 4 is 23.8 Å². The van der Waals surface area contributed by atoms with E-state index >= 15 is 0 Å². The van der Waals surface area contributed by atoms with E-state index in [-0.39, 0.29) is 23.6 Å². The first kappa shape index (κ1) is 22.0. The number of methoxy groups -OCH3 is 1. The van der Waals surface area contributed by atoms with Crippen LogP contribution in [-0.2, 0) is 6.61 Å². The maximum atomic E-state index is 12.1. The van der Waals surface area contributed by atoms with E-state index < -0.39 is 16.8 Å². The number of aromatic carboxylic acids is 1. The topological polar surface area (TPSA) is 154 Å². The second-order valence-electron chi connectivity index (χ2n) is 6.27. The fourth-order valence-corrected chi connectivity index (χ4v) is 2.57. The molecule has 0 radical (unpaired) electrons. The predicted molar refractivity (Wildman–Crippen MR) is 111 cm³/mol. The average Bonchev–Trinajstić information content (AvgIpc) is 3.27. The van der Waals surface area contributed by atoms with Crippen LogP contribution in [0.25, 0.3) is 0 Å². The van der Waals surface area contributed by atoms with Gasteiger partial charge in [0.2, 0.25) is 5.76 Å². The van der Waals surface area contributed by atoms with Crippen molar-refractivity contribution in [3.63, 3.8) is 0 Å². The zero-order valence-electron chi connectivity index (χ0n) is 16.7. The Morgan fingerprint density at radius 3 is 2.53 bits per heavy atom. The summed E-state index contributed by atoms with van der Waals surface area (Å²) in [5.41, 5.74) is 3.04. The number of furan rings is 1. The lowest BCUT2D eigenvalue weighted by Gasteiger charge is -2.10. The number of nitrogens with one attached hydrogen (secondary N) is 1. The molecule has 3 rings (SSSR count). The molecule has 2 aromatic carbocycles. The molecule has 0 aliphatic rings. The number of carbonyl (C=O) groups is 2. The molecule has 1 amide bonds. The molecular formula is C21H17N3O8. The molecule has 0 saturated heterocycles. The lowest BCUT2D eigenvalue weighted by Crippen LogP contribution is -2.17. The van der Waals surface area contributed by atoms with Crippen molar-refractivity contribution in [2.75, 3.05) is 7.11 Å². The van der Waals surface area contributed by atoms with E-state index in [1.165, 1.54) is 49.7 Å². The zero-order chi connectivity index (χ0) is 23.1. The van der Waals surface area contributed by atoms with Crippen molar-refractivity contribution in [1.29, 1.82) is 0 Å². The minimum atomic E-state index is -1.17. The van der Waals surface area contributed by atoms with Crippen LogP contribution in [-0.4, -0.2) is 35.2 Å². The maximum absolute atomic E-state index is 12.1. The Kier molecular flexibility index (Phi) is 6.81. The number of nitro groups is 1. The molecule has 0 saturated carbocycles. The summed E-state index contributed by atoms with van der Waals surface area (Å²) in [6.07, 6.45) is 1.39. The number of carbonyl (C=O) groups excluding carboxylic acids is 1. The summed E-state index contributed by atoms with van der Waals surface area (Å²) in [5.74, 6) is -0.754. The van der Waals surface area contributed by atoms with E-state index in [0.29, 0.717) is 22.8 Å². The van der Waals surface area contributed by atoms with E-state index in [4.69, 9.17) is 19.0 Å². The Labute approximate surface area is 181 Å². The minimum Gasteiger partial charge on any atom is -0.493 e. The van der Waals surface area contributed by atoms with E-state index in [1.807, 2.05) is 0 Å². The van der Waals surface area contributed by atoms with Crippen LogP contribution < -0.4 is 14.9 Å². The number of carboxylic acids is 1. The van der Waals surface area contributed by atoms with Crippen molar-refractivity contribution in [3.05, 3.63) is 87.4 Å². The first-order valence-electron chi connectivity index (χ1n) is 9.08. The van der Waals surface area contributed by atoms with Crippen molar-refractivity contribution in [3.8, 4) is 11.5 Å². The molecule has 0 unspecified atom stereocenters. The van der Waals surface area contributed by atoms with Crippen LogP contribution in [0.2, 0.25) is 0 Å². The Morgan fingerprint density at radius 2 is 1.91 bits per heavy atom. The number of hydrogen-bond donors (Lipinski definition) is 2. The van der Waals surface area contributed by atoms with Crippen molar-refractivity contribution < 1.29 is 33.5 Å². The quantitative estimate of drug-likeness (QED) is 0.293. The summed E-state index contributed by atoms with van der Waals surface area (Å²) in [6, 6.07) is 12.9. The van der Waals surface area contributed by atoms with Gasteiger partial charge >= 0.3 is 5.97 Å². The fourth-order valence-electron chi connectivity index (χ4n) is 2.57. The van der Waals surface area contributed by atoms with Gasteiger partial charge in [-0.2, -0.15) is 5.10 Å². The molecule has 0 aliphatic heterocycles. The number of non-ortho nitro benzene ring substituents is 1. The zero-order valence-corrected chi connectivity index (χ0v) is 16.7. The summed E-state index contributed by atoms with van der Waals surface area (Å²) in [5, 5.41) is 23.4. The number of rotatable bonds is 9. The molecule has 1 aromatic heterocycles. The van der Waals surface area contributed by atoms with Crippen LogP contribution in [0, 0.1) is 10.1 Å². The van der Waals surface area contributed by atoms with Gasteiger partial charge in [0.25, 0.3) is 11.6 Å². The molecule has 0 atom stereocenters. The highest BCUT2D eigenvalue weighted by Crippen LogP contribution is 2.28. The van der Waals surface area contributed by atoms with Crippen molar-refractivity contribution in [2.24, 2.45) is 5.10 Å². The average molecular weight is 439 g/mol. The summed E-state index contributed by atoms with van der Waals surface area (Å²) in [7, 11) is 1.45. The van der Waals surface area contributed by atoms with Gasteiger partial charge in [-0.05, 0) is 48.0 Å². The number of carboxylic acid groups (broad SMARTS) is 1. The van der Waals surface area contributed by atoms with Crippen LogP contribution in [0.4, 0.5) is 5.69 Å². The Hall–Kier alpha value is -4.67. The van der Waals surface area contributed by atoms with Crippen LogP contribution >= 0.6 is 0 Å². The third-order valence-corrected chi connectivity index (χ3v) is 4.15. The standard InChI is InChI=1S/C21H17N3O8/c1-30-19-10-13(2-8-17(19)31-12-16-7-9-18(32-16)21(26)27)11-22-23-20(25)14-3-5-15(6-4-14)24(28)29/h2-11H,12H2,1H3,(H,23,25)(H,26,27)/b22-11-. The molecule has 3 aromatic rings. The van der Waals surface area contributed by atoms with E-state index in [0.717, 1.165) is 0 Å². The summed E-state index contributed by atoms with van der Waals surface area (Å²) >= 11 is 0. The third kappa shape index (κ3) is 5.48. The third-order valence-electron chi connectivity index (χ3n) is 4.15. The highest BCUT2D eigenvalue weighted by molar-refractivity contribution is 5.95. The van der Waals surface area contributed by atoms with Crippen LogP contribution in [0.5, 0.6) is 11.5 Å². The van der Waals surface area contributed by atoms with Gasteiger partial charge in [0, 0.05) is 17.7 Å². The van der Waals surface area contributed by atoms with Gasteiger partial charge < -0.3 is 19.0 Å². The molecular weight excluding hydrogens is 422 g/mol. The first-order valence-corrected chi connectivity index (χ1v) is 9.08. The molecule has 0 bridgehead atoms. The van der Waals surface area contributed by atoms with E-state index in [1.54, 1.807) is 18.2 Å². The lowest BCUT2D eigenvalue weighted by atomic mass is 10.2. The van der Waals surface area contributed by atoms with Gasteiger partial charge in [-0.1, -0.05) is 0 Å². The number of ether oxygens (including phenoxy) is 2. The second-order valence-corrected chi connectivity index (χ2v) is 6.27. The normalized spacial score (nSPS) is 10.7. The molecule has 0 spiro atoms. The van der Waals surface area contributed by atoms with E-state index in [2.05, 4.69) is 10.5 Å². The van der Waals surface area contributed by atoms with Crippen LogP contribution in [0.15, 0.2) is 64.1 Å². The Bertz CT molecular complexity index is 1170. The molecule has 0 fully saturated rings. The molecule has 32 heavy (non-hydrogen) atoms. The molecule has 2 N–H and O–H groups in total. The van der Waals surface area contributed by atoms with Crippen LogP contribution in [0.1, 0.15) is 32.2 Å². The molecule has 1 heterocycles. The van der Waals surface area contributed by atoms with Gasteiger partial charge in [-0.3, -0.25) is 14.9 Å². The molecule has 11 heteroatoms. The number of hydrazone groups is 1. The van der Waals surface area contributed by atoms with Gasteiger partial charge in [-0.25, -0.2) is 10.2 Å². The minimum absolute atomic E-state index is 0.00235. The monoisotopic (exact) mass is 439 g/mol. The Morgan fingerprint density at radius 1 is 1.16 bits per heavy atom. The Balaban J connectivity index is 1.60. The number of amides is 1. The maximum Gasteiger partial charge on any atom is 0.371 e. The van der Waals surface area contributed by atoms with Gasteiger partial charge in [-0.15, -0.1) is 0 Å². The molecule has 11 nitrogen and oxygen atoms in total. The smallest absolute Gasteiger partial charge is 0.371 e. The van der Waals surface area contributed by atoms with E-state index in [9.17, 15) is 19.7 Å². The van der Waals surface area contributed by atoms with Crippen molar-refractivity contribution in [2.45, 2.75) is 6.61 Å². The highest BCUT2D eigenvalue weighted by Gasteiger charge is 2.11. The predicted octanol–water partition coefficient (Wildman–Crippen LogP) is 3.24. The number of benzene rings is 2. The number of hydrogen-bond acceptors (Lipinski definition) is 8.